The standard InChI is InChI=1S/C25H29FN2O4/c1-15(2)32-20-9-7-6-8-18(20)22-21(23(29)17-10-11-19(26)16(3)14-17)24(30)25(31)28(22)13-12-27(4)5/h6-11,14-15,22,29H,12-13H2,1-5H3/b23-21-. The molecule has 0 radical (unpaired) electrons. The van der Waals surface area contributed by atoms with Crippen LogP contribution in [0.15, 0.2) is 48.0 Å². The molecule has 170 valence electrons. The number of hydrogen-bond donors (Lipinski definition) is 1. The van der Waals surface area contributed by atoms with Crippen LogP contribution in [-0.2, 0) is 9.59 Å². The summed E-state index contributed by atoms with van der Waals surface area (Å²) in [6, 6.07) is 10.5. The van der Waals surface area contributed by atoms with E-state index in [-0.39, 0.29) is 29.5 Å². The van der Waals surface area contributed by atoms with Gasteiger partial charge in [0.15, 0.2) is 0 Å². The Kier molecular flexibility index (Phi) is 6.99. The van der Waals surface area contributed by atoms with Gasteiger partial charge in [-0.1, -0.05) is 18.2 Å². The largest absolute Gasteiger partial charge is 0.507 e. The van der Waals surface area contributed by atoms with Crippen LogP contribution < -0.4 is 4.74 Å². The van der Waals surface area contributed by atoms with Crippen LogP contribution in [0, 0.1) is 12.7 Å². The van der Waals surface area contributed by atoms with Gasteiger partial charge in [0.1, 0.15) is 17.3 Å². The molecule has 1 saturated heterocycles. The van der Waals surface area contributed by atoms with E-state index in [9.17, 15) is 19.1 Å². The third kappa shape index (κ3) is 4.67. The average Bonchev–Trinajstić information content (AvgIpc) is 2.98. The lowest BCUT2D eigenvalue weighted by molar-refractivity contribution is -0.140. The Labute approximate surface area is 187 Å². The molecule has 0 bridgehead atoms. The summed E-state index contributed by atoms with van der Waals surface area (Å²) < 4.78 is 19.7. The number of hydrogen-bond acceptors (Lipinski definition) is 5. The highest BCUT2D eigenvalue weighted by Crippen LogP contribution is 2.42. The molecule has 1 unspecified atom stereocenters. The molecule has 1 fully saturated rings. The Hall–Kier alpha value is -3.19. The molecule has 1 amide bonds. The Morgan fingerprint density at radius 1 is 1.19 bits per heavy atom. The highest BCUT2D eigenvalue weighted by atomic mass is 19.1. The molecule has 32 heavy (non-hydrogen) atoms. The van der Waals surface area contributed by atoms with Gasteiger partial charge in [0.25, 0.3) is 11.7 Å². The topological polar surface area (TPSA) is 70.1 Å². The highest BCUT2D eigenvalue weighted by molar-refractivity contribution is 6.46. The van der Waals surface area contributed by atoms with Crippen molar-refractivity contribution in [3.05, 3.63) is 70.5 Å². The second-order valence-electron chi connectivity index (χ2n) is 8.46. The molecule has 1 heterocycles. The van der Waals surface area contributed by atoms with E-state index in [4.69, 9.17) is 4.74 Å². The molecular weight excluding hydrogens is 411 g/mol. The van der Waals surface area contributed by atoms with Gasteiger partial charge in [-0.3, -0.25) is 9.59 Å². The maximum absolute atomic E-state index is 13.8. The summed E-state index contributed by atoms with van der Waals surface area (Å²) in [7, 11) is 3.76. The molecular formula is C25H29FN2O4. The number of ketones is 1. The summed E-state index contributed by atoms with van der Waals surface area (Å²) in [6.07, 6.45) is -0.125. The van der Waals surface area contributed by atoms with Gasteiger partial charge in [-0.2, -0.15) is 0 Å². The zero-order valence-electron chi connectivity index (χ0n) is 19.1. The number of aliphatic hydroxyl groups excluding tert-OH is 1. The number of benzene rings is 2. The molecule has 1 aliphatic rings. The number of aliphatic hydroxyl groups is 1. The van der Waals surface area contributed by atoms with Crippen molar-refractivity contribution in [3.8, 4) is 5.75 Å². The lowest BCUT2D eigenvalue weighted by Crippen LogP contribution is -2.35. The summed E-state index contributed by atoms with van der Waals surface area (Å²) in [5.41, 5.74) is 1.19. The number of likely N-dealkylation sites (tertiary alicyclic amines) is 1. The number of carbonyl (C=O) groups excluding carboxylic acids is 2. The number of amides is 1. The van der Waals surface area contributed by atoms with Crippen LogP contribution in [0.1, 0.15) is 36.6 Å². The van der Waals surface area contributed by atoms with Crippen LogP contribution in [0.5, 0.6) is 5.75 Å². The fourth-order valence-electron chi connectivity index (χ4n) is 3.76. The SMILES string of the molecule is Cc1cc(/C(O)=C2/C(=O)C(=O)N(CCN(C)C)C2c2ccccc2OC(C)C)ccc1F. The predicted molar refractivity (Wildman–Crippen MR) is 121 cm³/mol. The first-order valence-corrected chi connectivity index (χ1v) is 10.6. The summed E-state index contributed by atoms with van der Waals surface area (Å²) in [5, 5.41) is 11.1. The maximum Gasteiger partial charge on any atom is 0.295 e. The van der Waals surface area contributed by atoms with E-state index >= 15 is 0 Å². The number of Topliss-reactive ketones (excluding diaryl/α,β-unsaturated/α-hetero) is 1. The lowest BCUT2D eigenvalue weighted by atomic mass is 9.94. The van der Waals surface area contributed by atoms with Crippen molar-refractivity contribution in [1.82, 2.24) is 9.80 Å². The number of halogens is 1. The molecule has 0 aromatic heterocycles. The molecule has 1 N–H and O–H groups in total. The van der Waals surface area contributed by atoms with Gasteiger partial charge in [-0.05, 0) is 64.7 Å². The minimum Gasteiger partial charge on any atom is -0.507 e. The van der Waals surface area contributed by atoms with Crippen LogP contribution >= 0.6 is 0 Å². The fourth-order valence-corrected chi connectivity index (χ4v) is 3.76. The molecule has 0 aliphatic carbocycles. The van der Waals surface area contributed by atoms with Crippen molar-refractivity contribution in [2.45, 2.75) is 32.9 Å². The van der Waals surface area contributed by atoms with E-state index in [0.29, 0.717) is 23.4 Å². The normalized spacial score (nSPS) is 18.1. The highest BCUT2D eigenvalue weighted by Gasteiger charge is 2.47. The van der Waals surface area contributed by atoms with E-state index in [1.54, 1.807) is 25.1 Å². The zero-order valence-corrected chi connectivity index (χ0v) is 19.1. The molecule has 1 aliphatic heterocycles. The first kappa shape index (κ1) is 23.5. The molecule has 3 rings (SSSR count). The van der Waals surface area contributed by atoms with E-state index in [2.05, 4.69) is 0 Å². The predicted octanol–water partition coefficient (Wildman–Crippen LogP) is 3.90. The minimum absolute atomic E-state index is 0.0282. The first-order valence-electron chi connectivity index (χ1n) is 10.6. The quantitative estimate of drug-likeness (QED) is 0.402. The van der Waals surface area contributed by atoms with Crippen molar-refractivity contribution >= 4 is 17.4 Å². The van der Waals surface area contributed by atoms with Crippen LogP contribution in [0.4, 0.5) is 4.39 Å². The number of para-hydroxylation sites is 1. The van der Waals surface area contributed by atoms with Crippen LogP contribution in [0.2, 0.25) is 0 Å². The number of likely N-dealkylation sites (N-methyl/N-ethyl adjacent to an activating group) is 1. The number of nitrogens with zero attached hydrogens (tertiary/aromatic N) is 2. The van der Waals surface area contributed by atoms with E-state index in [0.717, 1.165) is 0 Å². The fraction of sp³-hybridized carbons (Fsp3) is 0.360. The van der Waals surface area contributed by atoms with E-state index in [1.165, 1.54) is 23.1 Å². The molecule has 0 saturated carbocycles. The third-order valence-electron chi connectivity index (χ3n) is 5.34. The van der Waals surface area contributed by atoms with Crippen LogP contribution in [-0.4, -0.2) is 59.9 Å². The van der Waals surface area contributed by atoms with Crippen molar-refractivity contribution in [2.75, 3.05) is 27.2 Å². The molecule has 0 spiro atoms. The van der Waals surface area contributed by atoms with Crippen molar-refractivity contribution in [2.24, 2.45) is 0 Å². The van der Waals surface area contributed by atoms with E-state index in [1.807, 2.05) is 38.9 Å². The van der Waals surface area contributed by atoms with Gasteiger partial charge in [-0.25, -0.2) is 4.39 Å². The number of ether oxygens (including phenoxy) is 1. The summed E-state index contributed by atoms with van der Waals surface area (Å²) in [6.45, 7) is 6.18. The van der Waals surface area contributed by atoms with Crippen molar-refractivity contribution in [3.63, 3.8) is 0 Å². The van der Waals surface area contributed by atoms with Gasteiger partial charge in [0.05, 0.1) is 17.7 Å². The second kappa shape index (κ2) is 9.53. The van der Waals surface area contributed by atoms with Gasteiger partial charge in [-0.15, -0.1) is 0 Å². The maximum atomic E-state index is 13.8. The number of carbonyl (C=O) groups is 2. The molecule has 7 heteroatoms. The summed E-state index contributed by atoms with van der Waals surface area (Å²) in [4.78, 5) is 29.5. The van der Waals surface area contributed by atoms with Gasteiger partial charge < -0.3 is 19.6 Å². The van der Waals surface area contributed by atoms with Gasteiger partial charge >= 0.3 is 0 Å². The van der Waals surface area contributed by atoms with E-state index < -0.39 is 23.5 Å². The van der Waals surface area contributed by atoms with Crippen molar-refractivity contribution < 1.29 is 23.8 Å². The molecule has 2 aromatic carbocycles. The third-order valence-corrected chi connectivity index (χ3v) is 5.34. The monoisotopic (exact) mass is 440 g/mol. The van der Waals surface area contributed by atoms with Crippen LogP contribution in [0.3, 0.4) is 0 Å². The number of aryl methyl sites for hydroxylation is 1. The average molecular weight is 441 g/mol. The Morgan fingerprint density at radius 3 is 2.50 bits per heavy atom. The molecule has 1 atom stereocenters. The lowest BCUT2D eigenvalue weighted by Gasteiger charge is -2.28. The van der Waals surface area contributed by atoms with Crippen LogP contribution in [0.25, 0.3) is 5.76 Å². The number of rotatable bonds is 7. The Bertz CT molecular complexity index is 1060. The van der Waals surface area contributed by atoms with Gasteiger partial charge in [0.2, 0.25) is 0 Å². The zero-order chi connectivity index (χ0) is 23.6. The first-order chi connectivity index (χ1) is 15.1. The summed E-state index contributed by atoms with van der Waals surface area (Å²) >= 11 is 0. The smallest absolute Gasteiger partial charge is 0.295 e. The Morgan fingerprint density at radius 2 is 1.88 bits per heavy atom. The summed E-state index contributed by atoms with van der Waals surface area (Å²) in [5.74, 6) is -1.67. The molecule has 2 aromatic rings. The Balaban J connectivity index is 2.21. The molecule has 6 nitrogen and oxygen atoms in total. The van der Waals surface area contributed by atoms with Gasteiger partial charge in [0, 0.05) is 24.2 Å². The van der Waals surface area contributed by atoms with Crippen molar-refractivity contribution in [1.29, 1.82) is 0 Å². The minimum atomic E-state index is -0.824. The second-order valence-corrected chi connectivity index (χ2v) is 8.46.